The summed E-state index contributed by atoms with van der Waals surface area (Å²) >= 11 is 0. The third kappa shape index (κ3) is 5.24. The van der Waals surface area contributed by atoms with E-state index in [0.29, 0.717) is 25.1 Å². The first kappa shape index (κ1) is 21.4. The molecule has 0 aliphatic carbocycles. The Morgan fingerprint density at radius 2 is 1.78 bits per heavy atom. The van der Waals surface area contributed by atoms with E-state index >= 15 is 0 Å². The van der Waals surface area contributed by atoms with Crippen LogP contribution >= 0.6 is 0 Å². The number of rotatable bonds is 6. The average Bonchev–Trinajstić information content (AvgIpc) is 3.38. The lowest BCUT2D eigenvalue weighted by atomic mass is 9.98. The Balaban J connectivity index is 1.28. The summed E-state index contributed by atoms with van der Waals surface area (Å²) in [5, 5.41) is 2.83. The van der Waals surface area contributed by atoms with Crippen molar-refractivity contribution >= 4 is 23.5 Å². The second-order valence-corrected chi connectivity index (χ2v) is 7.69. The summed E-state index contributed by atoms with van der Waals surface area (Å²) < 4.78 is 10.7. The maximum absolute atomic E-state index is 12.6. The standard InChI is InChI=1S/C25H24N2O5/c28-23(26-21-7-2-1-3-8-21)19-12-10-18(11-13-19)17-32-25(30)20-6-4-14-27(16-20)24(29)22-9-5-15-31-22/h1-3,5,7-13,15,20H,4,6,14,16-17H2,(H,26,28). The number of ether oxygens (including phenoxy) is 1. The number of anilines is 1. The van der Waals surface area contributed by atoms with E-state index < -0.39 is 0 Å². The lowest BCUT2D eigenvalue weighted by Gasteiger charge is -2.31. The first-order chi connectivity index (χ1) is 15.6. The molecule has 1 unspecified atom stereocenters. The predicted octanol–water partition coefficient (Wildman–Crippen LogP) is 4.13. The van der Waals surface area contributed by atoms with Crippen LogP contribution in [-0.4, -0.2) is 35.8 Å². The fourth-order valence-electron chi connectivity index (χ4n) is 3.66. The van der Waals surface area contributed by atoms with Gasteiger partial charge in [0.15, 0.2) is 5.76 Å². The third-order valence-corrected chi connectivity index (χ3v) is 5.40. The topological polar surface area (TPSA) is 88.9 Å². The minimum atomic E-state index is -0.362. The highest BCUT2D eigenvalue weighted by molar-refractivity contribution is 6.04. The molecule has 1 N–H and O–H groups in total. The largest absolute Gasteiger partial charge is 0.461 e. The Morgan fingerprint density at radius 1 is 1.00 bits per heavy atom. The SMILES string of the molecule is O=C(Nc1ccccc1)c1ccc(COC(=O)C2CCCN(C(=O)c3ccco3)C2)cc1. The summed E-state index contributed by atoms with van der Waals surface area (Å²) in [6.45, 7) is 1.02. The van der Waals surface area contributed by atoms with Crippen molar-refractivity contribution in [1.29, 1.82) is 0 Å². The number of para-hydroxylation sites is 1. The highest BCUT2D eigenvalue weighted by Crippen LogP contribution is 2.21. The van der Waals surface area contributed by atoms with E-state index in [4.69, 9.17) is 9.15 Å². The van der Waals surface area contributed by atoms with E-state index in [1.165, 1.54) is 6.26 Å². The van der Waals surface area contributed by atoms with Gasteiger partial charge in [0.1, 0.15) is 6.61 Å². The molecular formula is C25H24N2O5. The van der Waals surface area contributed by atoms with Crippen LogP contribution in [0, 0.1) is 5.92 Å². The van der Waals surface area contributed by atoms with Gasteiger partial charge in [-0.2, -0.15) is 0 Å². The van der Waals surface area contributed by atoms with Crippen LogP contribution in [0.15, 0.2) is 77.4 Å². The molecule has 1 atom stereocenters. The van der Waals surface area contributed by atoms with Gasteiger partial charge in [0.25, 0.3) is 11.8 Å². The fraction of sp³-hybridized carbons (Fsp3) is 0.240. The molecule has 7 nitrogen and oxygen atoms in total. The molecule has 0 spiro atoms. The zero-order chi connectivity index (χ0) is 22.3. The summed E-state index contributed by atoms with van der Waals surface area (Å²) in [5.41, 5.74) is 2.03. The van der Waals surface area contributed by atoms with Gasteiger partial charge in [0.05, 0.1) is 12.2 Å². The van der Waals surface area contributed by atoms with Gasteiger partial charge in [-0.05, 0) is 54.8 Å². The van der Waals surface area contributed by atoms with Crippen molar-refractivity contribution in [2.45, 2.75) is 19.4 Å². The number of likely N-dealkylation sites (tertiary alicyclic amines) is 1. The number of nitrogens with zero attached hydrogens (tertiary/aromatic N) is 1. The smallest absolute Gasteiger partial charge is 0.311 e. The summed E-state index contributed by atoms with van der Waals surface area (Å²) in [7, 11) is 0. The molecule has 1 aliphatic rings. The lowest BCUT2D eigenvalue weighted by molar-refractivity contribution is -0.151. The van der Waals surface area contributed by atoms with E-state index in [0.717, 1.165) is 17.7 Å². The first-order valence-corrected chi connectivity index (χ1v) is 10.5. The van der Waals surface area contributed by atoms with Crippen LogP contribution in [0.3, 0.4) is 0 Å². The molecule has 1 aromatic heterocycles. The van der Waals surface area contributed by atoms with E-state index in [2.05, 4.69) is 5.32 Å². The Hall–Kier alpha value is -3.87. The Bertz CT molecular complexity index is 1060. The lowest BCUT2D eigenvalue weighted by Crippen LogP contribution is -2.42. The van der Waals surface area contributed by atoms with Crippen molar-refractivity contribution in [3.05, 3.63) is 89.9 Å². The molecule has 32 heavy (non-hydrogen) atoms. The molecule has 1 saturated heterocycles. The van der Waals surface area contributed by atoms with Crippen LogP contribution in [-0.2, 0) is 16.1 Å². The minimum absolute atomic E-state index is 0.113. The third-order valence-electron chi connectivity index (χ3n) is 5.40. The Morgan fingerprint density at radius 3 is 2.50 bits per heavy atom. The number of piperidine rings is 1. The minimum Gasteiger partial charge on any atom is -0.461 e. The second-order valence-electron chi connectivity index (χ2n) is 7.69. The van der Waals surface area contributed by atoms with Crippen LogP contribution in [0.25, 0.3) is 0 Å². The predicted molar refractivity (Wildman–Crippen MR) is 118 cm³/mol. The number of nitrogens with one attached hydrogen (secondary N) is 1. The summed E-state index contributed by atoms with van der Waals surface area (Å²) in [4.78, 5) is 39.0. The van der Waals surface area contributed by atoms with Crippen molar-refractivity contribution in [3.63, 3.8) is 0 Å². The van der Waals surface area contributed by atoms with Crippen LogP contribution in [0.1, 0.15) is 39.3 Å². The van der Waals surface area contributed by atoms with E-state index in [1.54, 1.807) is 41.3 Å². The highest BCUT2D eigenvalue weighted by atomic mass is 16.5. The monoisotopic (exact) mass is 432 g/mol. The molecule has 0 bridgehead atoms. The van der Waals surface area contributed by atoms with Gasteiger partial charge in [0.2, 0.25) is 0 Å². The maximum Gasteiger partial charge on any atom is 0.311 e. The molecule has 0 radical (unpaired) electrons. The molecule has 164 valence electrons. The molecule has 1 fully saturated rings. The molecule has 2 aromatic carbocycles. The van der Waals surface area contributed by atoms with Crippen LogP contribution < -0.4 is 5.32 Å². The number of carbonyl (C=O) groups excluding carboxylic acids is 3. The van der Waals surface area contributed by atoms with Crippen LogP contribution in [0.2, 0.25) is 0 Å². The molecule has 3 aromatic rings. The van der Waals surface area contributed by atoms with Gasteiger partial charge in [-0.1, -0.05) is 30.3 Å². The normalized spacial score (nSPS) is 15.8. The molecule has 0 saturated carbocycles. The van der Waals surface area contributed by atoms with Crippen LogP contribution in [0.5, 0.6) is 0 Å². The molecular weight excluding hydrogens is 408 g/mol. The van der Waals surface area contributed by atoms with Crippen molar-refractivity contribution in [2.24, 2.45) is 5.92 Å². The molecule has 1 aliphatic heterocycles. The molecule has 4 rings (SSSR count). The van der Waals surface area contributed by atoms with Crippen molar-refractivity contribution in [1.82, 2.24) is 4.90 Å². The summed E-state index contributed by atoms with van der Waals surface area (Å²) in [5.74, 6) is -0.832. The van der Waals surface area contributed by atoms with Gasteiger partial charge < -0.3 is 19.4 Å². The van der Waals surface area contributed by atoms with Gasteiger partial charge in [0, 0.05) is 24.3 Å². The number of benzene rings is 2. The number of carbonyl (C=O) groups is 3. The second kappa shape index (κ2) is 9.96. The van der Waals surface area contributed by atoms with E-state index in [9.17, 15) is 14.4 Å². The Kier molecular flexibility index (Phi) is 6.65. The maximum atomic E-state index is 12.6. The van der Waals surface area contributed by atoms with Crippen LogP contribution in [0.4, 0.5) is 5.69 Å². The summed E-state index contributed by atoms with van der Waals surface area (Å²) in [6, 6.07) is 19.4. The Labute approximate surface area is 186 Å². The zero-order valence-corrected chi connectivity index (χ0v) is 17.5. The molecule has 2 heterocycles. The van der Waals surface area contributed by atoms with Crippen molar-refractivity contribution in [3.8, 4) is 0 Å². The fourth-order valence-corrected chi connectivity index (χ4v) is 3.66. The van der Waals surface area contributed by atoms with Gasteiger partial charge in [-0.25, -0.2) is 0 Å². The molecule has 2 amide bonds. The van der Waals surface area contributed by atoms with Gasteiger partial charge in [-0.15, -0.1) is 0 Å². The number of amides is 2. The van der Waals surface area contributed by atoms with Crippen molar-refractivity contribution < 1.29 is 23.5 Å². The van der Waals surface area contributed by atoms with Gasteiger partial charge in [-0.3, -0.25) is 14.4 Å². The quantitative estimate of drug-likeness (QED) is 0.592. The number of furan rings is 1. The van der Waals surface area contributed by atoms with E-state index in [-0.39, 0.29) is 36.1 Å². The highest BCUT2D eigenvalue weighted by Gasteiger charge is 2.30. The van der Waals surface area contributed by atoms with Crippen molar-refractivity contribution in [2.75, 3.05) is 18.4 Å². The van der Waals surface area contributed by atoms with E-state index in [1.807, 2.05) is 30.3 Å². The number of hydrogen-bond donors (Lipinski definition) is 1. The first-order valence-electron chi connectivity index (χ1n) is 10.5. The molecule has 7 heteroatoms. The number of hydrogen-bond acceptors (Lipinski definition) is 5. The zero-order valence-electron chi connectivity index (χ0n) is 17.5. The number of esters is 1. The average molecular weight is 432 g/mol. The van der Waals surface area contributed by atoms with Gasteiger partial charge >= 0.3 is 5.97 Å². The summed E-state index contributed by atoms with van der Waals surface area (Å²) in [6.07, 6.45) is 2.87.